The third-order valence-electron chi connectivity index (χ3n) is 2.14. The number of aryl methyl sites for hydroxylation is 1. The average molecular weight is 179 g/mol. The highest BCUT2D eigenvalue weighted by atomic mass is 16.5. The Bertz CT molecular complexity index is 284. The van der Waals surface area contributed by atoms with E-state index in [0.717, 1.165) is 25.1 Å². The summed E-state index contributed by atoms with van der Waals surface area (Å²) in [6.07, 6.45) is 4.62. The van der Waals surface area contributed by atoms with Crippen LogP contribution in [0, 0.1) is 6.92 Å². The van der Waals surface area contributed by atoms with Crippen molar-refractivity contribution in [2.24, 2.45) is 0 Å². The van der Waals surface area contributed by atoms with Crippen molar-refractivity contribution >= 4 is 0 Å². The van der Waals surface area contributed by atoms with Crippen molar-refractivity contribution in [2.45, 2.75) is 19.4 Å². The molecule has 0 aromatic carbocycles. The molecule has 1 fully saturated rings. The monoisotopic (exact) mass is 179 g/mol. The lowest BCUT2D eigenvalue weighted by Gasteiger charge is -2.12. The molecule has 2 rings (SSSR count). The van der Waals surface area contributed by atoms with Crippen LogP contribution in [-0.2, 0) is 0 Å². The SMILES string of the molecule is Cc1cncnc1O[C@@H]1CCNC1. The summed E-state index contributed by atoms with van der Waals surface area (Å²) in [5.74, 6) is 0.712. The molecule has 4 nitrogen and oxygen atoms in total. The largest absolute Gasteiger partial charge is 0.473 e. The maximum Gasteiger partial charge on any atom is 0.219 e. The fourth-order valence-corrected chi connectivity index (χ4v) is 1.40. The molecule has 4 heteroatoms. The van der Waals surface area contributed by atoms with E-state index in [1.165, 1.54) is 6.33 Å². The Morgan fingerprint density at radius 2 is 2.54 bits per heavy atom. The Morgan fingerprint density at radius 3 is 3.23 bits per heavy atom. The van der Waals surface area contributed by atoms with Gasteiger partial charge in [-0.05, 0) is 19.9 Å². The summed E-state index contributed by atoms with van der Waals surface area (Å²) in [5, 5.41) is 3.24. The van der Waals surface area contributed by atoms with E-state index in [0.29, 0.717) is 5.88 Å². The van der Waals surface area contributed by atoms with Gasteiger partial charge in [-0.25, -0.2) is 9.97 Å². The van der Waals surface area contributed by atoms with Gasteiger partial charge in [-0.3, -0.25) is 0 Å². The molecule has 70 valence electrons. The molecule has 0 saturated carbocycles. The number of aromatic nitrogens is 2. The first-order valence-electron chi connectivity index (χ1n) is 4.50. The Kier molecular flexibility index (Phi) is 2.40. The number of nitrogens with zero attached hydrogens (tertiary/aromatic N) is 2. The molecule has 1 aliphatic rings. The van der Waals surface area contributed by atoms with Crippen LogP contribution in [0.2, 0.25) is 0 Å². The normalized spacial score (nSPS) is 21.8. The van der Waals surface area contributed by atoms with Crippen LogP contribution in [0.5, 0.6) is 5.88 Å². The van der Waals surface area contributed by atoms with Crippen molar-refractivity contribution in [3.8, 4) is 5.88 Å². The Balaban J connectivity index is 2.04. The molecule has 1 N–H and O–H groups in total. The average Bonchev–Trinajstić information content (AvgIpc) is 2.61. The molecular weight excluding hydrogens is 166 g/mol. The Morgan fingerprint density at radius 1 is 1.62 bits per heavy atom. The van der Waals surface area contributed by atoms with Gasteiger partial charge in [0.2, 0.25) is 5.88 Å². The molecule has 0 radical (unpaired) electrons. The summed E-state index contributed by atoms with van der Waals surface area (Å²) in [6.45, 7) is 3.91. The minimum Gasteiger partial charge on any atom is -0.473 e. The zero-order valence-corrected chi connectivity index (χ0v) is 7.66. The lowest BCUT2D eigenvalue weighted by Crippen LogP contribution is -2.20. The van der Waals surface area contributed by atoms with Crippen LogP contribution in [-0.4, -0.2) is 29.2 Å². The van der Waals surface area contributed by atoms with Crippen LogP contribution in [0.3, 0.4) is 0 Å². The summed E-state index contributed by atoms with van der Waals surface area (Å²) in [7, 11) is 0. The quantitative estimate of drug-likeness (QED) is 0.719. The highest BCUT2D eigenvalue weighted by Crippen LogP contribution is 2.15. The molecule has 2 heterocycles. The van der Waals surface area contributed by atoms with E-state index in [9.17, 15) is 0 Å². The predicted octanol–water partition coefficient (Wildman–Crippen LogP) is 0.526. The molecule has 1 aromatic rings. The third-order valence-corrected chi connectivity index (χ3v) is 2.14. The van der Waals surface area contributed by atoms with Gasteiger partial charge in [0.05, 0.1) is 0 Å². The first-order valence-corrected chi connectivity index (χ1v) is 4.50. The van der Waals surface area contributed by atoms with E-state index < -0.39 is 0 Å². The lowest BCUT2D eigenvalue weighted by molar-refractivity contribution is 0.212. The second-order valence-corrected chi connectivity index (χ2v) is 3.24. The van der Waals surface area contributed by atoms with Crippen LogP contribution in [0.25, 0.3) is 0 Å². The van der Waals surface area contributed by atoms with Gasteiger partial charge >= 0.3 is 0 Å². The van der Waals surface area contributed by atoms with E-state index in [2.05, 4.69) is 15.3 Å². The lowest BCUT2D eigenvalue weighted by atomic mass is 10.3. The minimum absolute atomic E-state index is 0.272. The third kappa shape index (κ3) is 1.95. The molecule has 0 spiro atoms. The number of hydrogen-bond acceptors (Lipinski definition) is 4. The van der Waals surface area contributed by atoms with Crippen molar-refractivity contribution in [3.63, 3.8) is 0 Å². The van der Waals surface area contributed by atoms with Gasteiger partial charge in [-0.15, -0.1) is 0 Å². The number of hydrogen-bond donors (Lipinski definition) is 1. The van der Waals surface area contributed by atoms with Crippen LogP contribution < -0.4 is 10.1 Å². The van der Waals surface area contributed by atoms with Gasteiger partial charge in [0.1, 0.15) is 12.4 Å². The molecule has 1 aromatic heterocycles. The second kappa shape index (κ2) is 3.70. The minimum atomic E-state index is 0.272. The highest BCUT2D eigenvalue weighted by molar-refractivity contribution is 5.20. The molecule has 0 amide bonds. The zero-order valence-electron chi connectivity index (χ0n) is 7.66. The fourth-order valence-electron chi connectivity index (χ4n) is 1.40. The molecule has 1 atom stereocenters. The first kappa shape index (κ1) is 8.44. The van der Waals surface area contributed by atoms with E-state index in [-0.39, 0.29) is 6.10 Å². The fraction of sp³-hybridized carbons (Fsp3) is 0.556. The maximum absolute atomic E-state index is 5.69. The summed E-state index contributed by atoms with van der Waals surface area (Å²) < 4.78 is 5.69. The molecule has 0 unspecified atom stereocenters. The predicted molar refractivity (Wildman–Crippen MR) is 48.7 cm³/mol. The van der Waals surface area contributed by atoms with Crippen LogP contribution in [0.4, 0.5) is 0 Å². The van der Waals surface area contributed by atoms with Gasteiger partial charge in [-0.1, -0.05) is 0 Å². The van der Waals surface area contributed by atoms with Crippen molar-refractivity contribution < 1.29 is 4.74 Å². The summed E-state index contributed by atoms with van der Waals surface area (Å²) in [5.41, 5.74) is 0.995. The van der Waals surface area contributed by atoms with Gasteiger partial charge in [0.25, 0.3) is 0 Å². The van der Waals surface area contributed by atoms with Crippen LogP contribution in [0.1, 0.15) is 12.0 Å². The summed E-state index contributed by atoms with van der Waals surface area (Å²) in [6, 6.07) is 0. The van der Waals surface area contributed by atoms with Crippen LogP contribution >= 0.6 is 0 Å². The molecule has 1 aliphatic heterocycles. The van der Waals surface area contributed by atoms with Crippen molar-refractivity contribution in [3.05, 3.63) is 18.1 Å². The van der Waals surface area contributed by atoms with E-state index in [1.54, 1.807) is 6.20 Å². The summed E-state index contributed by atoms with van der Waals surface area (Å²) in [4.78, 5) is 7.99. The van der Waals surface area contributed by atoms with Gasteiger partial charge in [0, 0.05) is 18.3 Å². The standard InChI is InChI=1S/C9H13N3O/c1-7-4-11-6-12-9(7)13-8-2-3-10-5-8/h4,6,8,10H,2-3,5H2,1H3/t8-/m1/s1. The van der Waals surface area contributed by atoms with E-state index >= 15 is 0 Å². The molecule has 13 heavy (non-hydrogen) atoms. The second-order valence-electron chi connectivity index (χ2n) is 3.24. The van der Waals surface area contributed by atoms with Gasteiger partial charge in [-0.2, -0.15) is 0 Å². The van der Waals surface area contributed by atoms with E-state index in [4.69, 9.17) is 4.74 Å². The molecule has 0 aliphatic carbocycles. The number of nitrogens with one attached hydrogen (secondary N) is 1. The van der Waals surface area contributed by atoms with Crippen molar-refractivity contribution in [1.29, 1.82) is 0 Å². The van der Waals surface area contributed by atoms with Gasteiger partial charge in [0.15, 0.2) is 0 Å². The van der Waals surface area contributed by atoms with Crippen molar-refractivity contribution in [2.75, 3.05) is 13.1 Å². The topological polar surface area (TPSA) is 47.0 Å². The van der Waals surface area contributed by atoms with Crippen LogP contribution in [0.15, 0.2) is 12.5 Å². The van der Waals surface area contributed by atoms with Gasteiger partial charge < -0.3 is 10.1 Å². The smallest absolute Gasteiger partial charge is 0.219 e. The maximum atomic E-state index is 5.69. The number of ether oxygens (including phenoxy) is 1. The zero-order chi connectivity index (χ0) is 9.10. The molecular formula is C9H13N3O. The number of rotatable bonds is 2. The highest BCUT2D eigenvalue weighted by Gasteiger charge is 2.16. The van der Waals surface area contributed by atoms with Crippen molar-refractivity contribution in [1.82, 2.24) is 15.3 Å². The molecule has 1 saturated heterocycles. The molecule has 0 bridgehead atoms. The summed E-state index contributed by atoms with van der Waals surface area (Å²) >= 11 is 0. The Labute approximate surface area is 77.4 Å². The van der Waals surface area contributed by atoms with E-state index in [1.807, 2.05) is 6.92 Å². The Hall–Kier alpha value is -1.16. The first-order chi connectivity index (χ1) is 6.36.